The molecule has 1 fully saturated rings. The first kappa shape index (κ1) is 27.7. The van der Waals surface area contributed by atoms with Crippen LogP contribution < -0.4 is 0 Å². The molecule has 2 aromatic rings. The maximum absolute atomic E-state index is 10.9. The Bertz CT molecular complexity index is 854. The smallest absolute Gasteiger partial charge is 0.317 e. The maximum atomic E-state index is 10.9. The molecule has 0 bridgehead atoms. The number of carboxylic acids is 1. The molecule has 0 atom stereocenters. The Morgan fingerprint density at radius 1 is 0.848 bits per heavy atom. The van der Waals surface area contributed by atoms with E-state index in [2.05, 4.69) is 58.3 Å². The number of rotatable bonds is 8. The van der Waals surface area contributed by atoms with E-state index in [-0.39, 0.29) is 31.4 Å². The van der Waals surface area contributed by atoms with Gasteiger partial charge >= 0.3 is 5.97 Å². The second kappa shape index (κ2) is 14.0. The van der Waals surface area contributed by atoms with Gasteiger partial charge in [0.1, 0.15) is 0 Å². The van der Waals surface area contributed by atoms with Crippen molar-refractivity contribution in [2.24, 2.45) is 5.92 Å². The fourth-order valence-electron chi connectivity index (χ4n) is 5.20. The molecule has 6 heteroatoms. The molecule has 1 N–H and O–H groups in total. The second-order valence-electron chi connectivity index (χ2n) is 9.37. The van der Waals surface area contributed by atoms with Gasteiger partial charge < -0.3 is 5.11 Å². The van der Waals surface area contributed by atoms with Crippen molar-refractivity contribution in [2.45, 2.75) is 51.5 Å². The van der Waals surface area contributed by atoms with Crippen LogP contribution in [0.2, 0.25) is 0 Å². The van der Waals surface area contributed by atoms with E-state index >= 15 is 0 Å². The van der Waals surface area contributed by atoms with Crippen LogP contribution in [0.4, 0.5) is 0 Å². The van der Waals surface area contributed by atoms with Crippen molar-refractivity contribution in [3.63, 3.8) is 0 Å². The summed E-state index contributed by atoms with van der Waals surface area (Å²) < 4.78 is 0. The molecular formula is C27H38Cl2N2O2. The van der Waals surface area contributed by atoms with Gasteiger partial charge in [0.15, 0.2) is 0 Å². The van der Waals surface area contributed by atoms with Gasteiger partial charge in [-0.1, -0.05) is 55.0 Å². The van der Waals surface area contributed by atoms with E-state index in [4.69, 9.17) is 5.11 Å². The summed E-state index contributed by atoms with van der Waals surface area (Å²) in [5, 5.41) is 8.94. The lowest BCUT2D eigenvalue weighted by Crippen LogP contribution is -2.37. The molecule has 2 heterocycles. The Kier molecular flexibility index (Phi) is 11.7. The minimum Gasteiger partial charge on any atom is -0.480 e. The summed E-state index contributed by atoms with van der Waals surface area (Å²) in [6.45, 7) is 5.41. The van der Waals surface area contributed by atoms with Crippen LogP contribution in [0.1, 0.15) is 47.9 Å². The summed E-state index contributed by atoms with van der Waals surface area (Å²) in [6.07, 6.45) is 8.26. The molecule has 4 rings (SSSR count). The Balaban J connectivity index is 0.00000193. The average molecular weight is 494 g/mol. The first-order valence-electron chi connectivity index (χ1n) is 12.0. The molecule has 33 heavy (non-hydrogen) atoms. The first-order chi connectivity index (χ1) is 15.2. The zero-order chi connectivity index (χ0) is 21.5. The van der Waals surface area contributed by atoms with Crippen LogP contribution in [0.5, 0.6) is 0 Å². The third-order valence-corrected chi connectivity index (χ3v) is 7.06. The van der Waals surface area contributed by atoms with Crippen LogP contribution in [0.15, 0.2) is 48.5 Å². The summed E-state index contributed by atoms with van der Waals surface area (Å²) in [6, 6.07) is 18.0. The van der Waals surface area contributed by atoms with Crippen LogP contribution in [0.3, 0.4) is 0 Å². The third-order valence-electron chi connectivity index (χ3n) is 7.06. The molecule has 182 valence electrons. The van der Waals surface area contributed by atoms with E-state index in [1.54, 1.807) is 5.56 Å². The number of nitrogens with zero attached hydrogens (tertiary/aromatic N) is 2. The average Bonchev–Trinajstić information content (AvgIpc) is 2.97. The number of halogens is 2. The zero-order valence-corrected chi connectivity index (χ0v) is 21.1. The normalized spacial score (nSPS) is 17.3. The van der Waals surface area contributed by atoms with Gasteiger partial charge in [-0.25, -0.2) is 0 Å². The zero-order valence-electron chi connectivity index (χ0n) is 19.5. The SMILES string of the molecule is Cl.Cl.O=C(O)CN1CCC(CCCc2ccc3c(c2)CCN(Cc2ccccc2)CC3)CC1. The van der Waals surface area contributed by atoms with E-state index in [0.29, 0.717) is 0 Å². The Labute approximate surface area is 211 Å². The number of benzene rings is 2. The lowest BCUT2D eigenvalue weighted by atomic mass is 9.90. The van der Waals surface area contributed by atoms with Gasteiger partial charge in [-0.3, -0.25) is 14.6 Å². The van der Waals surface area contributed by atoms with E-state index in [9.17, 15) is 4.79 Å². The Morgan fingerprint density at radius 3 is 2.24 bits per heavy atom. The molecule has 0 amide bonds. The largest absolute Gasteiger partial charge is 0.480 e. The van der Waals surface area contributed by atoms with Crippen LogP contribution in [0.25, 0.3) is 0 Å². The lowest BCUT2D eigenvalue weighted by Gasteiger charge is -2.30. The molecule has 0 radical (unpaired) electrons. The maximum Gasteiger partial charge on any atom is 0.317 e. The van der Waals surface area contributed by atoms with Gasteiger partial charge in [0.2, 0.25) is 0 Å². The molecule has 0 aromatic heterocycles. The third kappa shape index (κ3) is 8.60. The molecule has 2 aliphatic rings. The number of fused-ring (bicyclic) bond motifs is 1. The van der Waals surface area contributed by atoms with Crippen molar-refractivity contribution in [3.05, 3.63) is 70.8 Å². The Morgan fingerprint density at radius 2 is 1.55 bits per heavy atom. The van der Waals surface area contributed by atoms with Gasteiger partial charge in [-0.05, 0) is 79.8 Å². The van der Waals surface area contributed by atoms with Gasteiger partial charge in [-0.15, -0.1) is 24.8 Å². The monoisotopic (exact) mass is 492 g/mol. The molecule has 0 aliphatic carbocycles. The number of carbonyl (C=O) groups is 1. The Hall–Kier alpha value is -1.59. The number of aryl methyl sites for hydroxylation is 1. The number of carboxylic acid groups (broad SMARTS) is 1. The molecule has 2 aliphatic heterocycles. The standard InChI is InChI=1S/C27H36N2O2.2ClH/c30-27(31)21-29-15-11-22(12-16-29)7-4-8-23-9-10-25-13-17-28(18-14-26(25)19-23)20-24-5-2-1-3-6-24;;/h1-3,5-6,9-10,19,22H,4,7-8,11-18,20-21H2,(H,30,31);2*1H. The van der Waals surface area contributed by atoms with E-state index < -0.39 is 5.97 Å². The van der Waals surface area contributed by atoms with E-state index in [0.717, 1.165) is 70.7 Å². The molecule has 2 aromatic carbocycles. The molecular weight excluding hydrogens is 455 g/mol. The van der Waals surface area contributed by atoms with Gasteiger partial charge in [-0.2, -0.15) is 0 Å². The second-order valence-corrected chi connectivity index (χ2v) is 9.37. The highest BCUT2D eigenvalue weighted by atomic mass is 35.5. The van der Waals surface area contributed by atoms with Crippen LogP contribution in [0, 0.1) is 5.92 Å². The lowest BCUT2D eigenvalue weighted by molar-refractivity contribution is -0.138. The minimum atomic E-state index is -0.704. The number of aliphatic carboxylic acids is 1. The van der Waals surface area contributed by atoms with E-state index in [1.807, 2.05) is 0 Å². The molecule has 0 unspecified atom stereocenters. The highest BCUT2D eigenvalue weighted by Gasteiger charge is 2.20. The summed E-state index contributed by atoms with van der Waals surface area (Å²) >= 11 is 0. The summed E-state index contributed by atoms with van der Waals surface area (Å²) in [7, 11) is 0. The van der Waals surface area contributed by atoms with Gasteiger partial charge in [0.25, 0.3) is 0 Å². The highest BCUT2D eigenvalue weighted by Crippen LogP contribution is 2.24. The predicted octanol–water partition coefficient (Wildman–Crippen LogP) is 5.25. The van der Waals surface area contributed by atoms with E-state index in [1.165, 1.54) is 29.5 Å². The summed E-state index contributed by atoms with van der Waals surface area (Å²) in [4.78, 5) is 15.5. The number of likely N-dealkylation sites (tertiary alicyclic amines) is 1. The van der Waals surface area contributed by atoms with Crippen LogP contribution in [-0.4, -0.2) is 53.6 Å². The van der Waals surface area contributed by atoms with Crippen LogP contribution in [-0.2, 0) is 30.6 Å². The first-order valence-corrected chi connectivity index (χ1v) is 12.0. The predicted molar refractivity (Wildman–Crippen MR) is 140 cm³/mol. The molecule has 1 saturated heterocycles. The number of piperidine rings is 1. The minimum absolute atomic E-state index is 0. The van der Waals surface area contributed by atoms with Gasteiger partial charge in [0.05, 0.1) is 6.54 Å². The quantitative estimate of drug-likeness (QED) is 0.546. The highest BCUT2D eigenvalue weighted by molar-refractivity contribution is 5.85. The van der Waals surface area contributed by atoms with Crippen molar-refractivity contribution < 1.29 is 9.90 Å². The van der Waals surface area contributed by atoms with Crippen molar-refractivity contribution >= 4 is 30.8 Å². The summed E-state index contributed by atoms with van der Waals surface area (Å²) in [5.41, 5.74) is 5.97. The van der Waals surface area contributed by atoms with Crippen molar-refractivity contribution in [1.82, 2.24) is 9.80 Å². The molecule has 0 saturated carbocycles. The molecule has 0 spiro atoms. The van der Waals surface area contributed by atoms with Crippen molar-refractivity contribution in [1.29, 1.82) is 0 Å². The van der Waals surface area contributed by atoms with Gasteiger partial charge in [0, 0.05) is 19.6 Å². The summed E-state index contributed by atoms with van der Waals surface area (Å²) in [5.74, 6) is 0.0577. The fourth-order valence-corrected chi connectivity index (χ4v) is 5.20. The molecule has 4 nitrogen and oxygen atoms in total. The van der Waals surface area contributed by atoms with Crippen LogP contribution >= 0.6 is 24.8 Å². The number of hydrogen-bond acceptors (Lipinski definition) is 3. The van der Waals surface area contributed by atoms with Crippen molar-refractivity contribution in [2.75, 3.05) is 32.7 Å². The fraction of sp³-hybridized carbons (Fsp3) is 0.519. The number of hydrogen-bond donors (Lipinski definition) is 1. The topological polar surface area (TPSA) is 43.8 Å². The van der Waals surface area contributed by atoms with Crippen molar-refractivity contribution in [3.8, 4) is 0 Å².